The third-order valence-corrected chi connectivity index (χ3v) is 7.56. The van der Waals surface area contributed by atoms with Crippen LogP contribution in [-0.4, -0.2) is 49.5 Å². The predicted molar refractivity (Wildman–Crippen MR) is 147 cm³/mol. The summed E-state index contributed by atoms with van der Waals surface area (Å²) < 4.78 is 26.5. The minimum Gasteiger partial charge on any atom is -0.350 e. The number of carbonyl (C=O) groups excluding carboxylic acids is 2. The molecule has 0 unspecified atom stereocenters. The molecule has 7 nitrogen and oxygen atoms in total. The molecule has 0 aliphatic heterocycles. The maximum Gasteiger partial charge on any atom is 0.244 e. The molecule has 0 spiro atoms. The van der Waals surface area contributed by atoms with Crippen LogP contribution in [0.5, 0.6) is 0 Å². The molecule has 0 fully saturated rings. The number of benzene rings is 2. The van der Waals surface area contributed by atoms with Crippen LogP contribution in [0.1, 0.15) is 50.8 Å². The molecule has 2 aromatic carbocycles. The molecule has 0 aliphatic rings. The van der Waals surface area contributed by atoms with E-state index >= 15 is 0 Å². The van der Waals surface area contributed by atoms with Gasteiger partial charge in [-0.05, 0) is 82.0 Å². The molecule has 2 rings (SSSR count). The molecule has 0 aromatic heterocycles. The Bertz CT molecular complexity index is 1230. The van der Waals surface area contributed by atoms with Crippen LogP contribution in [0.25, 0.3) is 0 Å². The lowest BCUT2D eigenvalue weighted by molar-refractivity contribution is -0.141. The van der Waals surface area contributed by atoms with Gasteiger partial charge in [-0.25, -0.2) is 8.42 Å². The molecule has 2 aromatic rings. The second-order valence-corrected chi connectivity index (χ2v) is 12.7. The SMILES string of the molecule is CC[C@@H](C(=O)NC(C)(C)C)N(Cc1ccc(Cl)c(Cl)c1)C(=O)CN(c1ccc(C)c(C)c1)S(C)(=O)=O. The first kappa shape index (κ1) is 29.9. The van der Waals surface area contributed by atoms with E-state index in [0.29, 0.717) is 27.7 Å². The highest BCUT2D eigenvalue weighted by Crippen LogP contribution is 2.25. The summed E-state index contributed by atoms with van der Waals surface area (Å²) in [6.45, 7) is 10.8. The van der Waals surface area contributed by atoms with E-state index in [9.17, 15) is 18.0 Å². The third-order valence-electron chi connectivity index (χ3n) is 5.68. The summed E-state index contributed by atoms with van der Waals surface area (Å²) in [5.74, 6) is -0.837. The zero-order valence-corrected chi connectivity index (χ0v) is 24.2. The van der Waals surface area contributed by atoms with Crippen molar-refractivity contribution in [2.75, 3.05) is 17.1 Å². The highest BCUT2D eigenvalue weighted by Gasteiger charge is 2.33. The molecule has 2 amide bonds. The van der Waals surface area contributed by atoms with Gasteiger partial charge < -0.3 is 10.2 Å². The number of hydrogen-bond acceptors (Lipinski definition) is 4. The Hall–Kier alpha value is -2.29. The quantitative estimate of drug-likeness (QED) is 0.466. The predicted octanol–water partition coefficient (Wildman–Crippen LogP) is 5.10. The summed E-state index contributed by atoms with van der Waals surface area (Å²) in [5, 5.41) is 3.62. The van der Waals surface area contributed by atoms with Crippen molar-refractivity contribution in [1.29, 1.82) is 0 Å². The van der Waals surface area contributed by atoms with E-state index in [-0.39, 0.29) is 12.5 Å². The maximum atomic E-state index is 13.7. The van der Waals surface area contributed by atoms with Crippen LogP contribution in [0, 0.1) is 13.8 Å². The van der Waals surface area contributed by atoms with Crippen molar-refractivity contribution in [3.05, 3.63) is 63.1 Å². The number of nitrogens with zero attached hydrogens (tertiary/aromatic N) is 2. The van der Waals surface area contributed by atoms with Crippen LogP contribution >= 0.6 is 23.2 Å². The summed E-state index contributed by atoms with van der Waals surface area (Å²) >= 11 is 12.2. The summed E-state index contributed by atoms with van der Waals surface area (Å²) in [5.41, 5.74) is 2.44. The monoisotopic (exact) mass is 555 g/mol. The van der Waals surface area contributed by atoms with Crippen LogP contribution < -0.4 is 9.62 Å². The fourth-order valence-electron chi connectivity index (χ4n) is 3.70. The van der Waals surface area contributed by atoms with Gasteiger partial charge in [-0.15, -0.1) is 0 Å². The topological polar surface area (TPSA) is 86.8 Å². The zero-order valence-electron chi connectivity index (χ0n) is 21.9. The Labute approximate surface area is 224 Å². The first-order chi connectivity index (χ1) is 16.5. The van der Waals surface area contributed by atoms with Gasteiger partial charge in [0.2, 0.25) is 21.8 Å². The number of carbonyl (C=O) groups is 2. The minimum absolute atomic E-state index is 0.0519. The molecule has 36 heavy (non-hydrogen) atoms. The molecular weight excluding hydrogens is 521 g/mol. The Kier molecular flexibility index (Phi) is 9.84. The van der Waals surface area contributed by atoms with E-state index in [1.54, 1.807) is 37.3 Å². The molecule has 10 heteroatoms. The van der Waals surface area contributed by atoms with Gasteiger partial charge in [-0.3, -0.25) is 13.9 Å². The van der Waals surface area contributed by atoms with E-state index in [4.69, 9.17) is 23.2 Å². The molecule has 0 saturated carbocycles. The lowest BCUT2D eigenvalue weighted by atomic mass is 10.1. The van der Waals surface area contributed by atoms with Crippen molar-refractivity contribution in [2.24, 2.45) is 0 Å². The van der Waals surface area contributed by atoms with E-state index in [0.717, 1.165) is 21.7 Å². The molecule has 1 N–H and O–H groups in total. The van der Waals surface area contributed by atoms with Crippen LogP contribution in [0.15, 0.2) is 36.4 Å². The zero-order chi connectivity index (χ0) is 27.4. The second kappa shape index (κ2) is 11.8. The lowest BCUT2D eigenvalue weighted by Crippen LogP contribution is -2.55. The number of anilines is 1. The first-order valence-corrected chi connectivity index (χ1v) is 14.2. The van der Waals surface area contributed by atoms with Crippen LogP contribution in [0.2, 0.25) is 10.0 Å². The standard InChI is InChI=1S/C26H35Cl2N3O4S/c1-8-23(25(33)29-26(4,5)6)30(15-19-10-12-21(27)22(28)14-19)24(32)16-31(36(7,34)35)20-11-9-17(2)18(3)13-20/h9-14,23H,8,15-16H2,1-7H3,(H,29,33)/t23-/m0/s1. The summed E-state index contributed by atoms with van der Waals surface area (Å²) in [6, 6.07) is 9.37. The van der Waals surface area contributed by atoms with Gasteiger partial charge in [0.15, 0.2) is 0 Å². The van der Waals surface area contributed by atoms with Crippen LogP contribution in [0.3, 0.4) is 0 Å². The number of hydrogen-bond donors (Lipinski definition) is 1. The first-order valence-electron chi connectivity index (χ1n) is 11.6. The minimum atomic E-state index is -3.80. The third kappa shape index (κ3) is 8.11. The average molecular weight is 557 g/mol. The number of rotatable bonds is 9. The van der Waals surface area contributed by atoms with Crippen molar-refractivity contribution in [2.45, 2.75) is 66.1 Å². The van der Waals surface area contributed by atoms with Crippen molar-refractivity contribution < 1.29 is 18.0 Å². The Morgan fingerprint density at radius 3 is 2.14 bits per heavy atom. The average Bonchev–Trinajstić information content (AvgIpc) is 2.74. The van der Waals surface area contributed by atoms with Gasteiger partial charge in [0.05, 0.1) is 22.0 Å². The normalized spacial score (nSPS) is 12.7. The Balaban J connectivity index is 2.50. The number of sulfonamides is 1. The smallest absolute Gasteiger partial charge is 0.244 e. The Morgan fingerprint density at radius 1 is 1.00 bits per heavy atom. The lowest BCUT2D eigenvalue weighted by Gasteiger charge is -2.34. The largest absolute Gasteiger partial charge is 0.350 e. The molecule has 198 valence electrons. The fourth-order valence-corrected chi connectivity index (χ4v) is 4.86. The highest BCUT2D eigenvalue weighted by atomic mass is 35.5. The second-order valence-electron chi connectivity index (χ2n) is 9.97. The van der Waals surface area contributed by atoms with Crippen LogP contribution in [0.4, 0.5) is 5.69 Å². The number of aryl methyl sites for hydroxylation is 2. The summed E-state index contributed by atoms with van der Waals surface area (Å²) in [4.78, 5) is 28.3. The van der Waals surface area contributed by atoms with Crippen molar-refractivity contribution in [3.63, 3.8) is 0 Å². The molecular formula is C26H35Cl2N3O4S. The van der Waals surface area contributed by atoms with E-state index in [1.807, 2.05) is 40.7 Å². The van der Waals surface area contributed by atoms with Gasteiger partial charge in [0.25, 0.3) is 0 Å². The van der Waals surface area contributed by atoms with E-state index in [1.165, 1.54) is 4.90 Å². The van der Waals surface area contributed by atoms with Crippen LogP contribution in [-0.2, 0) is 26.2 Å². The number of amides is 2. The molecule has 0 radical (unpaired) electrons. The van der Waals surface area contributed by atoms with Gasteiger partial charge in [-0.2, -0.15) is 0 Å². The fraction of sp³-hybridized carbons (Fsp3) is 0.462. The summed E-state index contributed by atoms with van der Waals surface area (Å²) in [6.07, 6.45) is 1.39. The molecule has 0 heterocycles. The highest BCUT2D eigenvalue weighted by molar-refractivity contribution is 7.92. The maximum absolute atomic E-state index is 13.7. The van der Waals surface area contributed by atoms with E-state index in [2.05, 4.69) is 5.32 Å². The van der Waals surface area contributed by atoms with Crippen molar-refractivity contribution >= 4 is 50.7 Å². The molecule has 0 aliphatic carbocycles. The number of nitrogens with one attached hydrogen (secondary N) is 1. The molecule has 0 saturated heterocycles. The van der Waals surface area contributed by atoms with E-state index < -0.39 is 34.1 Å². The number of halogens is 2. The van der Waals surface area contributed by atoms with Crippen molar-refractivity contribution in [3.8, 4) is 0 Å². The van der Waals surface area contributed by atoms with Gasteiger partial charge in [-0.1, -0.05) is 42.3 Å². The molecule has 1 atom stereocenters. The van der Waals surface area contributed by atoms with Crippen molar-refractivity contribution in [1.82, 2.24) is 10.2 Å². The van der Waals surface area contributed by atoms with Gasteiger partial charge >= 0.3 is 0 Å². The van der Waals surface area contributed by atoms with Gasteiger partial charge in [0.1, 0.15) is 12.6 Å². The summed E-state index contributed by atoms with van der Waals surface area (Å²) in [7, 11) is -3.80. The van der Waals surface area contributed by atoms with Gasteiger partial charge in [0, 0.05) is 12.1 Å². The Morgan fingerprint density at radius 2 is 1.64 bits per heavy atom. The molecule has 0 bridgehead atoms.